The van der Waals surface area contributed by atoms with E-state index in [1.54, 1.807) is 11.3 Å². The van der Waals surface area contributed by atoms with E-state index in [0.717, 1.165) is 29.4 Å². The number of hydrogen-bond acceptors (Lipinski definition) is 3. The van der Waals surface area contributed by atoms with E-state index < -0.39 is 0 Å². The van der Waals surface area contributed by atoms with Gasteiger partial charge >= 0.3 is 0 Å². The number of aromatic nitrogens is 1. The zero-order chi connectivity index (χ0) is 12.8. The fourth-order valence-corrected chi connectivity index (χ4v) is 2.74. The third kappa shape index (κ3) is 3.80. The van der Waals surface area contributed by atoms with E-state index in [1.807, 2.05) is 29.8 Å². The highest BCUT2D eigenvalue weighted by Crippen LogP contribution is 2.22. The number of thiazole rings is 1. The Morgan fingerprint density at radius 1 is 1.44 bits per heavy atom. The van der Waals surface area contributed by atoms with Gasteiger partial charge in [0.25, 0.3) is 0 Å². The monoisotopic (exact) mass is 280 g/mol. The Morgan fingerprint density at radius 2 is 2.33 bits per heavy atom. The van der Waals surface area contributed by atoms with Crippen molar-refractivity contribution >= 4 is 22.9 Å². The minimum atomic E-state index is 0.287. The van der Waals surface area contributed by atoms with E-state index in [-0.39, 0.29) is 6.04 Å². The summed E-state index contributed by atoms with van der Waals surface area (Å²) < 4.78 is 0. The first-order chi connectivity index (χ1) is 8.79. The molecule has 18 heavy (non-hydrogen) atoms. The molecule has 2 aromatic rings. The van der Waals surface area contributed by atoms with Crippen LogP contribution in [0.5, 0.6) is 0 Å². The lowest BCUT2D eigenvalue weighted by Crippen LogP contribution is -2.24. The number of nitrogens with one attached hydrogen (secondary N) is 1. The lowest BCUT2D eigenvalue weighted by Gasteiger charge is -2.18. The fraction of sp³-hybridized carbons (Fsp3) is 0.357. The van der Waals surface area contributed by atoms with Crippen molar-refractivity contribution < 1.29 is 0 Å². The molecule has 0 aliphatic rings. The molecule has 0 aliphatic heterocycles. The maximum Gasteiger partial charge on any atom is 0.0943 e. The maximum atomic E-state index is 6.06. The molecule has 2 nitrogen and oxygen atoms in total. The molecule has 0 spiro atoms. The highest BCUT2D eigenvalue weighted by atomic mass is 35.5. The summed E-state index contributed by atoms with van der Waals surface area (Å²) in [5.41, 5.74) is 1.23. The fourth-order valence-electron chi connectivity index (χ4n) is 1.88. The van der Waals surface area contributed by atoms with Crippen molar-refractivity contribution in [2.75, 3.05) is 6.54 Å². The maximum absolute atomic E-state index is 6.06. The van der Waals surface area contributed by atoms with Gasteiger partial charge in [0.2, 0.25) is 0 Å². The molecule has 1 aromatic heterocycles. The van der Waals surface area contributed by atoms with Gasteiger partial charge in [-0.05, 0) is 30.7 Å². The van der Waals surface area contributed by atoms with Crippen molar-refractivity contribution in [3.05, 3.63) is 51.4 Å². The van der Waals surface area contributed by atoms with Crippen molar-refractivity contribution in [2.45, 2.75) is 25.8 Å². The summed E-state index contributed by atoms with van der Waals surface area (Å²) in [4.78, 5) is 4.36. The lowest BCUT2D eigenvalue weighted by atomic mass is 10.0. The van der Waals surface area contributed by atoms with Gasteiger partial charge in [-0.25, -0.2) is 4.98 Å². The molecule has 2 rings (SSSR count). The van der Waals surface area contributed by atoms with Crippen LogP contribution in [0.2, 0.25) is 5.02 Å². The van der Waals surface area contributed by atoms with E-state index in [1.165, 1.54) is 5.56 Å². The highest BCUT2D eigenvalue weighted by molar-refractivity contribution is 7.09. The van der Waals surface area contributed by atoms with Gasteiger partial charge in [0, 0.05) is 29.1 Å². The molecule has 0 amide bonds. The molecule has 1 aromatic carbocycles. The average molecular weight is 281 g/mol. The van der Waals surface area contributed by atoms with Gasteiger partial charge in [-0.1, -0.05) is 30.7 Å². The summed E-state index contributed by atoms with van der Waals surface area (Å²) in [7, 11) is 0. The summed E-state index contributed by atoms with van der Waals surface area (Å²) in [6.07, 6.45) is 3.89. The normalized spacial score (nSPS) is 12.6. The Bertz CT molecular complexity index is 470. The quantitative estimate of drug-likeness (QED) is 0.862. The van der Waals surface area contributed by atoms with Crippen LogP contribution in [0.15, 0.2) is 35.8 Å². The predicted molar refractivity (Wildman–Crippen MR) is 78.3 cm³/mol. The second-order valence-electron chi connectivity index (χ2n) is 4.19. The first kappa shape index (κ1) is 13.5. The van der Waals surface area contributed by atoms with Gasteiger partial charge in [-0.2, -0.15) is 0 Å². The second kappa shape index (κ2) is 6.88. The van der Waals surface area contributed by atoms with Gasteiger partial charge in [-0.3, -0.25) is 0 Å². The number of hydrogen-bond donors (Lipinski definition) is 1. The summed E-state index contributed by atoms with van der Waals surface area (Å²) in [5.74, 6) is 0. The number of rotatable bonds is 6. The molecule has 0 bridgehead atoms. The van der Waals surface area contributed by atoms with E-state index in [4.69, 9.17) is 11.6 Å². The van der Waals surface area contributed by atoms with Crippen LogP contribution < -0.4 is 5.32 Å². The molecule has 0 radical (unpaired) electrons. The molecule has 4 heteroatoms. The summed E-state index contributed by atoms with van der Waals surface area (Å²) in [6.45, 7) is 3.17. The van der Waals surface area contributed by atoms with Crippen molar-refractivity contribution in [1.29, 1.82) is 0 Å². The largest absolute Gasteiger partial charge is 0.310 e. The highest BCUT2D eigenvalue weighted by Gasteiger charge is 2.13. The van der Waals surface area contributed by atoms with E-state index in [2.05, 4.69) is 23.3 Å². The standard InChI is InChI=1S/C14H17ClN2S/c1-2-6-16-13(10-14-17-7-8-18-14)11-4-3-5-12(15)9-11/h3-5,7-9,13,16H,2,6,10H2,1H3. The SMILES string of the molecule is CCCNC(Cc1nccs1)c1cccc(Cl)c1. The topological polar surface area (TPSA) is 24.9 Å². The van der Waals surface area contributed by atoms with E-state index in [0.29, 0.717) is 0 Å². The minimum Gasteiger partial charge on any atom is -0.310 e. The van der Waals surface area contributed by atoms with Gasteiger partial charge in [0.1, 0.15) is 0 Å². The second-order valence-corrected chi connectivity index (χ2v) is 5.61. The zero-order valence-corrected chi connectivity index (χ0v) is 12.0. The molecule has 1 atom stereocenters. The van der Waals surface area contributed by atoms with Crippen molar-refractivity contribution in [3.63, 3.8) is 0 Å². The molecule has 0 saturated heterocycles. The van der Waals surface area contributed by atoms with Crippen LogP contribution in [0.4, 0.5) is 0 Å². The van der Waals surface area contributed by atoms with Crippen LogP contribution in [-0.4, -0.2) is 11.5 Å². The van der Waals surface area contributed by atoms with Crippen molar-refractivity contribution in [1.82, 2.24) is 10.3 Å². The molecule has 1 heterocycles. The Hall–Kier alpha value is -0.900. The van der Waals surface area contributed by atoms with Gasteiger partial charge in [0.05, 0.1) is 5.01 Å². The van der Waals surface area contributed by atoms with Crippen LogP contribution in [0, 0.1) is 0 Å². The van der Waals surface area contributed by atoms with Gasteiger partial charge < -0.3 is 5.32 Å². The molecular weight excluding hydrogens is 264 g/mol. The summed E-state index contributed by atoms with van der Waals surface area (Å²) in [5, 5.41) is 7.52. The first-order valence-electron chi connectivity index (χ1n) is 6.17. The van der Waals surface area contributed by atoms with Crippen molar-refractivity contribution in [3.8, 4) is 0 Å². The third-order valence-corrected chi connectivity index (χ3v) is 3.79. The van der Waals surface area contributed by atoms with Crippen LogP contribution in [0.1, 0.15) is 30.0 Å². The van der Waals surface area contributed by atoms with E-state index >= 15 is 0 Å². The minimum absolute atomic E-state index is 0.287. The van der Waals surface area contributed by atoms with E-state index in [9.17, 15) is 0 Å². The molecule has 1 unspecified atom stereocenters. The molecular formula is C14H17ClN2S. The predicted octanol–water partition coefficient (Wildman–Crippen LogP) is 4.08. The Labute approximate surface area is 117 Å². The van der Waals surface area contributed by atoms with Crippen LogP contribution in [0.25, 0.3) is 0 Å². The first-order valence-corrected chi connectivity index (χ1v) is 7.42. The van der Waals surface area contributed by atoms with Crippen LogP contribution >= 0.6 is 22.9 Å². The Morgan fingerprint density at radius 3 is 3.00 bits per heavy atom. The third-order valence-electron chi connectivity index (χ3n) is 2.75. The summed E-state index contributed by atoms with van der Waals surface area (Å²) >= 11 is 7.76. The zero-order valence-electron chi connectivity index (χ0n) is 10.4. The van der Waals surface area contributed by atoms with Crippen LogP contribution in [0.3, 0.4) is 0 Å². The van der Waals surface area contributed by atoms with Crippen LogP contribution in [-0.2, 0) is 6.42 Å². The molecule has 0 aliphatic carbocycles. The lowest BCUT2D eigenvalue weighted by molar-refractivity contribution is 0.528. The molecule has 0 fully saturated rings. The van der Waals surface area contributed by atoms with Gasteiger partial charge in [-0.15, -0.1) is 11.3 Å². The number of halogens is 1. The van der Waals surface area contributed by atoms with Gasteiger partial charge in [0.15, 0.2) is 0 Å². The number of benzene rings is 1. The van der Waals surface area contributed by atoms with Crippen molar-refractivity contribution in [2.24, 2.45) is 0 Å². The average Bonchev–Trinajstić information content (AvgIpc) is 2.87. The summed E-state index contributed by atoms with van der Waals surface area (Å²) in [6, 6.07) is 8.34. The molecule has 96 valence electrons. The molecule has 0 saturated carbocycles. The molecule has 1 N–H and O–H groups in total. The number of nitrogens with zero attached hydrogens (tertiary/aromatic N) is 1. The smallest absolute Gasteiger partial charge is 0.0943 e. The Balaban J connectivity index is 2.13. The Kier molecular flexibility index (Phi) is 5.17.